The Hall–Kier alpha value is -3.72. The Bertz CT molecular complexity index is 1520. The van der Waals surface area contributed by atoms with E-state index in [1.165, 1.54) is 11.3 Å². The van der Waals surface area contributed by atoms with Crippen LogP contribution in [0.4, 0.5) is 5.69 Å². The second-order valence-corrected chi connectivity index (χ2v) is 9.62. The standard InChI is InChI=1S/C27H24N6OS/c34-25(23-10-9-18-5-1-3-7-21(18)31-23)32-22-8-4-2-6-20(22)26-33-24-13-17(15-30-27(24)35-26)14-29-19-11-12-28-16-19/h1-10,13,15,19,28-29H,11-12,14,16H2,(H,32,34). The van der Waals surface area contributed by atoms with E-state index in [4.69, 9.17) is 4.98 Å². The summed E-state index contributed by atoms with van der Waals surface area (Å²) in [7, 11) is 0. The minimum Gasteiger partial charge on any atom is -0.320 e. The Balaban J connectivity index is 1.24. The average molecular weight is 481 g/mol. The average Bonchev–Trinajstić information content (AvgIpc) is 3.57. The number of fused-ring (bicyclic) bond motifs is 2. The molecule has 5 aromatic rings. The van der Waals surface area contributed by atoms with Crippen molar-refractivity contribution in [2.45, 2.75) is 19.0 Å². The molecule has 3 N–H and O–H groups in total. The molecule has 1 amide bonds. The molecule has 1 fully saturated rings. The fraction of sp³-hybridized carbons (Fsp3) is 0.185. The summed E-state index contributed by atoms with van der Waals surface area (Å²) in [6.07, 6.45) is 3.06. The number of amides is 1. The summed E-state index contributed by atoms with van der Waals surface area (Å²) in [6.45, 7) is 2.85. The number of thiazole rings is 1. The summed E-state index contributed by atoms with van der Waals surface area (Å²) >= 11 is 1.52. The minimum absolute atomic E-state index is 0.253. The summed E-state index contributed by atoms with van der Waals surface area (Å²) in [5, 5.41) is 11.8. The van der Waals surface area contributed by atoms with Gasteiger partial charge in [-0.15, -0.1) is 0 Å². The van der Waals surface area contributed by atoms with Gasteiger partial charge in [-0.1, -0.05) is 47.7 Å². The number of nitrogens with zero attached hydrogens (tertiary/aromatic N) is 3. The number of carbonyl (C=O) groups excluding carboxylic acids is 1. The molecule has 0 radical (unpaired) electrons. The van der Waals surface area contributed by atoms with E-state index >= 15 is 0 Å². The van der Waals surface area contributed by atoms with Gasteiger partial charge >= 0.3 is 0 Å². The number of aromatic nitrogens is 3. The number of benzene rings is 2. The zero-order chi connectivity index (χ0) is 23.6. The van der Waals surface area contributed by atoms with Gasteiger partial charge in [0.15, 0.2) is 0 Å². The lowest BCUT2D eigenvalue weighted by molar-refractivity contribution is 0.102. The molecule has 3 aromatic heterocycles. The quantitative estimate of drug-likeness (QED) is 0.329. The Morgan fingerprint density at radius 3 is 2.83 bits per heavy atom. The van der Waals surface area contributed by atoms with Crippen molar-refractivity contribution in [1.82, 2.24) is 25.6 Å². The van der Waals surface area contributed by atoms with E-state index in [2.05, 4.69) is 32.0 Å². The van der Waals surface area contributed by atoms with Gasteiger partial charge in [0.05, 0.1) is 11.2 Å². The number of hydrogen-bond acceptors (Lipinski definition) is 7. The van der Waals surface area contributed by atoms with Gasteiger partial charge < -0.3 is 16.0 Å². The molecule has 4 heterocycles. The summed E-state index contributed by atoms with van der Waals surface area (Å²) in [6, 6.07) is 21.7. The van der Waals surface area contributed by atoms with Crippen LogP contribution < -0.4 is 16.0 Å². The van der Waals surface area contributed by atoms with Crippen LogP contribution in [-0.4, -0.2) is 40.0 Å². The van der Waals surface area contributed by atoms with Crippen molar-refractivity contribution < 1.29 is 4.79 Å². The van der Waals surface area contributed by atoms with Crippen molar-refractivity contribution in [1.29, 1.82) is 0 Å². The van der Waals surface area contributed by atoms with E-state index in [1.807, 2.05) is 60.8 Å². The molecule has 0 aliphatic carbocycles. The molecular formula is C27H24N6OS. The fourth-order valence-electron chi connectivity index (χ4n) is 4.33. The molecule has 174 valence electrons. The highest BCUT2D eigenvalue weighted by Gasteiger charge is 2.16. The molecule has 8 heteroatoms. The molecular weight excluding hydrogens is 456 g/mol. The molecule has 0 spiro atoms. The second-order valence-electron chi connectivity index (χ2n) is 8.65. The first-order chi connectivity index (χ1) is 17.2. The van der Waals surface area contributed by atoms with Crippen molar-refractivity contribution in [2.75, 3.05) is 18.4 Å². The van der Waals surface area contributed by atoms with Gasteiger partial charge in [0, 0.05) is 36.3 Å². The summed E-state index contributed by atoms with van der Waals surface area (Å²) in [5.74, 6) is -0.253. The molecule has 7 nitrogen and oxygen atoms in total. The molecule has 1 saturated heterocycles. The SMILES string of the molecule is O=C(Nc1ccccc1-c1nc2cc(CNC3CCNC3)cnc2s1)c1ccc2ccccc2n1. The third kappa shape index (κ3) is 4.64. The maximum absolute atomic E-state index is 13.0. The van der Waals surface area contributed by atoms with Crippen molar-refractivity contribution in [3.05, 3.63) is 84.2 Å². The number of hydrogen-bond donors (Lipinski definition) is 3. The van der Waals surface area contributed by atoms with Gasteiger partial charge in [-0.25, -0.2) is 15.0 Å². The van der Waals surface area contributed by atoms with Crippen LogP contribution in [0, 0.1) is 0 Å². The maximum Gasteiger partial charge on any atom is 0.274 e. The zero-order valence-electron chi connectivity index (χ0n) is 19.0. The van der Waals surface area contributed by atoms with Crippen molar-refractivity contribution >= 4 is 44.2 Å². The van der Waals surface area contributed by atoms with Gasteiger partial charge in [-0.3, -0.25) is 4.79 Å². The number of nitrogens with one attached hydrogen (secondary N) is 3. The Kier molecular flexibility index (Phi) is 5.91. The third-order valence-electron chi connectivity index (χ3n) is 6.20. The topological polar surface area (TPSA) is 91.8 Å². The van der Waals surface area contributed by atoms with Gasteiger partial charge in [0.25, 0.3) is 5.91 Å². The monoisotopic (exact) mass is 480 g/mol. The molecule has 1 atom stereocenters. The molecule has 35 heavy (non-hydrogen) atoms. The molecule has 1 unspecified atom stereocenters. The number of rotatable bonds is 6. The Morgan fingerprint density at radius 2 is 1.91 bits per heavy atom. The van der Waals surface area contributed by atoms with E-state index < -0.39 is 0 Å². The van der Waals surface area contributed by atoms with Gasteiger partial charge in [0.1, 0.15) is 21.0 Å². The summed E-state index contributed by atoms with van der Waals surface area (Å²) in [4.78, 5) is 27.9. The number of para-hydroxylation sites is 2. The molecule has 1 aliphatic heterocycles. The summed E-state index contributed by atoms with van der Waals surface area (Å²) in [5.41, 5.74) is 4.71. The van der Waals surface area contributed by atoms with Gasteiger partial charge in [-0.2, -0.15) is 0 Å². The minimum atomic E-state index is -0.253. The first-order valence-electron chi connectivity index (χ1n) is 11.7. The van der Waals surface area contributed by atoms with E-state index in [0.29, 0.717) is 17.4 Å². The predicted octanol–water partition coefficient (Wildman–Crippen LogP) is 4.61. The van der Waals surface area contributed by atoms with Crippen LogP contribution >= 0.6 is 11.3 Å². The first kappa shape index (κ1) is 21.8. The van der Waals surface area contributed by atoms with E-state index in [1.54, 1.807) is 6.07 Å². The lowest BCUT2D eigenvalue weighted by Crippen LogP contribution is -2.30. The first-order valence-corrected chi connectivity index (χ1v) is 12.5. The van der Waals surface area contributed by atoms with Crippen LogP contribution in [0.1, 0.15) is 22.5 Å². The lowest BCUT2D eigenvalue weighted by Gasteiger charge is -2.10. The van der Waals surface area contributed by atoms with Gasteiger partial charge in [0.2, 0.25) is 0 Å². The molecule has 0 bridgehead atoms. The van der Waals surface area contributed by atoms with Crippen molar-refractivity contribution in [2.24, 2.45) is 0 Å². The number of pyridine rings is 2. The molecule has 0 saturated carbocycles. The van der Waals surface area contributed by atoms with Crippen molar-refractivity contribution in [3.8, 4) is 10.6 Å². The van der Waals surface area contributed by atoms with E-state index in [0.717, 1.165) is 63.4 Å². The highest BCUT2D eigenvalue weighted by atomic mass is 32.1. The smallest absolute Gasteiger partial charge is 0.274 e. The van der Waals surface area contributed by atoms with Crippen molar-refractivity contribution in [3.63, 3.8) is 0 Å². The van der Waals surface area contributed by atoms with Crippen LogP contribution in [0.5, 0.6) is 0 Å². The van der Waals surface area contributed by atoms with E-state index in [9.17, 15) is 4.79 Å². The number of carbonyl (C=O) groups is 1. The molecule has 2 aromatic carbocycles. The summed E-state index contributed by atoms with van der Waals surface area (Å²) < 4.78 is 0. The van der Waals surface area contributed by atoms with Crippen LogP contribution in [0.3, 0.4) is 0 Å². The largest absolute Gasteiger partial charge is 0.320 e. The van der Waals surface area contributed by atoms with Crippen LogP contribution in [-0.2, 0) is 6.54 Å². The number of anilines is 1. The Labute approximate surface area is 206 Å². The van der Waals surface area contributed by atoms with Crippen LogP contribution in [0.2, 0.25) is 0 Å². The van der Waals surface area contributed by atoms with Crippen LogP contribution in [0.15, 0.2) is 72.9 Å². The third-order valence-corrected chi connectivity index (χ3v) is 7.21. The second kappa shape index (κ2) is 9.50. The molecule has 6 rings (SSSR count). The highest BCUT2D eigenvalue weighted by Crippen LogP contribution is 2.34. The fourth-order valence-corrected chi connectivity index (χ4v) is 5.25. The van der Waals surface area contributed by atoms with Gasteiger partial charge in [-0.05, 0) is 48.9 Å². The lowest BCUT2D eigenvalue weighted by atomic mass is 10.1. The zero-order valence-corrected chi connectivity index (χ0v) is 19.8. The highest BCUT2D eigenvalue weighted by molar-refractivity contribution is 7.21. The maximum atomic E-state index is 13.0. The predicted molar refractivity (Wildman–Crippen MR) is 141 cm³/mol. The van der Waals surface area contributed by atoms with E-state index in [-0.39, 0.29) is 5.91 Å². The van der Waals surface area contributed by atoms with Crippen LogP contribution in [0.25, 0.3) is 31.8 Å². The Morgan fingerprint density at radius 1 is 1.03 bits per heavy atom. The molecule has 1 aliphatic rings. The normalized spacial score (nSPS) is 15.6.